The zero-order valence-electron chi connectivity index (χ0n) is 15.6. The van der Waals surface area contributed by atoms with Crippen molar-refractivity contribution < 1.29 is 19.2 Å². The average Bonchev–Trinajstić information content (AvgIpc) is 2.43. The van der Waals surface area contributed by atoms with E-state index in [4.69, 9.17) is 15.0 Å². The molecule has 4 N–H and O–H groups in total. The van der Waals surface area contributed by atoms with Gasteiger partial charge in [0.1, 0.15) is 6.04 Å². The van der Waals surface area contributed by atoms with Gasteiger partial charge in [0.15, 0.2) is 0 Å². The van der Waals surface area contributed by atoms with Crippen LogP contribution in [0.3, 0.4) is 0 Å². The molecule has 0 saturated heterocycles. The second-order valence-corrected chi connectivity index (χ2v) is 8.45. The topological polar surface area (TPSA) is 92.8 Å². The van der Waals surface area contributed by atoms with E-state index in [1.165, 1.54) is 12.0 Å². The predicted molar refractivity (Wildman–Crippen MR) is 102 cm³/mol. The number of hydrogen-bond donors (Lipinski definition) is 3. The lowest BCUT2D eigenvalue weighted by Gasteiger charge is -2.30. The van der Waals surface area contributed by atoms with E-state index >= 15 is 0 Å². The Morgan fingerprint density at radius 2 is 1.96 bits per heavy atom. The Bertz CT molecular complexity index is 635. The van der Waals surface area contributed by atoms with Crippen LogP contribution >= 0.6 is 12.0 Å². The molecule has 0 heterocycles. The molecule has 1 aromatic carbocycles. The lowest BCUT2D eigenvalue weighted by Crippen LogP contribution is -2.33. The van der Waals surface area contributed by atoms with Gasteiger partial charge < -0.3 is 20.1 Å². The SMILES string of the molecule is C=C(CC(N)C(=O)O)c1cc(SOC(C)(C)CC(C)(C)O)ccc1C. The first kappa shape index (κ1) is 21.7. The molecule has 0 amide bonds. The first-order chi connectivity index (χ1) is 11.3. The number of nitrogens with two attached hydrogens (primary N) is 1. The number of benzene rings is 1. The van der Waals surface area contributed by atoms with E-state index in [1.54, 1.807) is 13.8 Å². The number of hydrogen-bond acceptors (Lipinski definition) is 5. The zero-order chi connectivity index (χ0) is 19.4. The van der Waals surface area contributed by atoms with Crippen molar-refractivity contribution in [1.82, 2.24) is 0 Å². The Labute approximate surface area is 154 Å². The van der Waals surface area contributed by atoms with Gasteiger partial charge in [-0.2, -0.15) is 0 Å². The van der Waals surface area contributed by atoms with Crippen molar-refractivity contribution >= 4 is 23.6 Å². The number of aliphatic hydroxyl groups is 1. The predicted octanol–water partition coefficient (Wildman–Crippen LogP) is 3.77. The highest BCUT2D eigenvalue weighted by Crippen LogP contribution is 2.33. The number of aliphatic carboxylic acids is 1. The molecule has 25 heavy (non-hydrogen) atoms. The van der Waals surface area contributed by atoms with Crippen LogP contribution < -0.4 is 5.73 Å². The van der Waals surface area contributed by atoms with E-state index in [2.05, 4.69) is 6.58 Å². The Balaban J connectivity index is 2.84. The number of carboxylic acids is 1. The molecule has 1 unspecified atom stereocenters. The van der Waals surface area contributed by atoms with Gasteiger partial charge >= 0.3 is 5.97 Å². The minimum atomic E-state index is -1.04. The largest absolute Gasteiger partial charge is 0.480 e. The highest BCUT2D eigenvalue weighted by molar-refractivity contribution is 7.94. The fourth-order valence-corrected chi connectivity index (χ4v) is 3.40. The molecule has 0 aliphatic carbocycles. The monoisotopic (exact) mass is 367 g/mol. The number of rotatable bonds is 9. The van der Waals surface area contributed by atoms with Gasteiger partial charge in [0.25, 0.3) is 0 Å². The molecule has 1 rings (SSSR count). The molecule has 1 atom stereocenters. The lowest BCUT2D eigenvalue weighted by molar-refractivity contribution is -0.138. The first-order valence-corrected chi connectivity index (χ1v) is 8.90. The van der Waals surface area contributed by atoms with Crippen LogP contribution in [0.5, 0.6) is 0 Å². The molecule has 0 aliphatic heterocycles. The van der Waals surface area contributed by atoms with E-state index in [9.17, 15) is 9.90 Å². The van der Waals surface area contributed by atoms with Gasteiger partial charge in [0.05, 0.1) is 11.2 Å². The summed E-state index contributed by atoms with van der Waals surface area (Å²) >= 11 is 1.23. The maximum absolute atomic E-state index is 10.9. The van der Waals surface area contributed by atoms with Gasteiger partial charge in [-0.3, -0.25) is 4.79 Å². The molecular formula is C19H29NO4S. The van der Waals surface area contributed by atoms with Crippen molar-refractivity contribution in [2.24, 2.45) is 5.73 Å². The van der Waals surface area contributed by atoms with Crippen LogP contribution in [0.4, 0.5) is 0 Å². The molecule has 0 fully saturated rings. The molecule has 5 nitrogen and oxygen atoms in total. The minimum Gasteiger partial charge on any atom is -0.480 e. The molecule has 0 bridgehead atoms. The van der Waals surface area contributed by atoms with Crippen molar-refractivity contribution in [2.45, 2.75) is 69.6 Å². The van der Waals surface area contributed by atoms with Crippen LogP contribution in [0.15, 0.2) is 29.7 Å². The quantitative estimate of drug-likeness (QED) is 0.575. The second-order valence-electron chi connectivity index (χ2n) is 7.64. The summed E-state index contributed by atoms with van der Waals surface area (Å²) < 4.78 is 5.89. The fourth-order valence-electron chi connectivity index (χ4n) is 2.73. The summed E-state index contributed by atoms with van der Waals surface area (Å²) in [4.78, 5) is 11.8. The molecule has 1 aromatic rings. The molecule has 140 valence electrons. The second kappa shape index (κ2) is 8.36. The highest BCUT2D eigenvalue weighted by atomic mass is 32.2. The summed E-state index contributed by atoms with van der Waals surface area (Å²) in [6.45, 7) is 13.3. The summed E-state index contributed by atoms with van der Waals surface area (Å²) in [5.41, 5.74) is 6.85. The van der Waals surface area contributed by atoms with Crippen LogP contribution in [0.25, 0.3) is 5.57 Å². The van der Waals surface area contributed by atoms with E-state index in [0.717, 1.165) is 16.0 Å². The molecule has 0 radical (unpaired) electrons. The normalized spacial score (nSPS) is 13.6. The van der Waals surface area contributed by atoms with Gasteiger partial charge in [-0.15, -0.1) is 0 Å². The third-order valence-corrected chi connectivity index (χ3v) is 4.58. The van der Waals surface area contributed by atoms with Gasteiger partial charge in [0, 0.05) is 23.4 Å². The van der Waals surface area contributed by atoms with Crippen LogP contribution in [0.2, 0.25) is 0 Å². The van der Waals surface area contributed by atoms with E-state index < -0.39 is 23.2 Å². The molecule has 6 heteroatoms. The number of carbonyl (C=O) groups is 1. The highest BCUT2D eigenvalue weighted by Gasteiger charge is 2.28. The standard InChI is InChI=1S/C19H29NO4S/c1-12-7-8-14(25-24-19(5,6)11-18(3,4)23)10-15(12)13(2)9-16(20)17(21)22/h7-8,10,16,23H,2,9,11,20H2,1,3-6H3,(H,21,22). The molecular weight excluding hydrogens is 338 g/mol. The Morgan fingerprint density at radius 1 is 1.36 bits per heavy atom. The third kappa shape index (κ3) is 7.61. The minimum absolute atomic E-state index is 0.190. The van der Waals surface area contributed by atoms with E-state index in [-0.39, 0.29) is 6.42 Å². The molecule has 0 spiro atoms. The van der Waals surface area contributed by atoms with Crippen molar-refractivity contribution in [3.05, 3.63) is 35.9 Å². The van der Waals surface area contributed by atoms with Crippen LogP contribution in [-0.4, -0.2) is 33.4 Å². The van der Waals surface area contributed by atoms with Gasteiger partial charge in [-0.05, 0) is 69.9 Å². The summed E-state index contributed by atoms with van der Waals surface area (Å²) in [7, 11) is 0. The van der Waals surface area contributed by atoms with Crippen LogP contribution in [0, 0.1) is 6.92 Å². The van der Waals surface area contributed by atoms with E-state index in [0.29, 0.717) is 12.0 Å². The summed E-state index contributed by atoms with van der Waals surface area (Å²) in [5, 5.41) is 18.9. The van der Waals surface area contributed by atoms with Crippen molar-refractivity contribution in [3.63, 3.8) is 0 Å². The molecule has 0 saturated carbocycles. The van der Waals surface area contributed by atoms with Crippen LogP contribution in [0.1, 0.15) is 51.7 Å². The Hall–Kier alpha value is -1.34. The maximum atomic E-state index is 10.9. The summed E-state index contributed by atoms with van der Waals surface area (Å²) in [6.07, 6.45) is 0.682. The fraction of sp³-hybridized carbons (Fsp3) is 0.526. The maximum Gasteiger partial charge on any atom is 0.320 e. The summed E-state index contributed by atoms with van der Waals surface area (Å²) in [6, 6.07) is 4.84. The Kier molecular flexibility index (Phi) is 7.26. The van der Waals surface area contributed by atoms with Crippen molar-refractivity contribution in [3.8, 4) is 0 Å². The molecule has 0 aromatic heterocycles. The van der Waals surface area contributed by atoms with Crippen molar-refractivity contribution in [1.29, 1.82) is 0 Å². The summed E-state index contributed by atoms with van der Waals surface area (Å²) in [5.74, 6) is -1.04. The smallest absolute Gasteiger partial charge is 0.320 e. The third-order valence-electron chi connectivity index (χ3n) is 3.60. The number of aryl methyl sites for hydroxylation is 1. The average molecular weight is 368 g/mol. The van der Waals surface area contributed by atoms with E-state index in [1.807, 2.05) is 39.0 Å². The first-order valence-electron chi connectivity index (χ1n) is 8.16. The van der Waals surface area contributed by atoms with Crippen LogP contribution in [-0.2, 0) is 8.98 Å². The Morgan fingerprint density at radius 3 is 2.48 bits per heavy atom. The number of carboxylic acid groups (broad SMARTS) is 1. The van der Waals surface area contributed by atoms with Crippen molar-refractivity contribution in [2.75, 3.05) is 0 Å². The van der Waals surface area contributed by atoms with Gasteiger partial charge in [-0.25, -0.2) is 0 Å². The van der Waals surface area contributed by atoms with Gasteiger partial charge in [0.2, 0.25) is 0 Å². The van der Waals surface area contributed by atoms with Gasteiger partial charge in [-0.1, -0.05) is 12.6 Å². The zero-order valence-corrected chi connectivity index (χ0v) is 16.4. The lowest BCUT2D eigenvalue weighted by atomic mass is 9.93. The molecule has 0 aliphatic rings.